The van der Waals surface area contributed by atoms with Gasteiger partial charge in [-0.3, -0.25) is 0 Å². The van der Waals surface area contributed by atoms with Crippen LogP contribution in [-0.4, -0.2) is 18.3 Å². The van der Waals surface area contributed by atoms with Gasteiger partial charge >= 0.3 is 0 Å². The van der Waals surface area contributed by atoms with Crippen LogP contribution in [0.3, 0.4) is 0 Å². The van der Waals surface area contributed by atoms with Crippen LogP contribution in [0.4, 0.5) is 0 Å². The summed E-state index contributed by atoms with van der Waals surface area (Å²) in [4.78, 5) is 1.36. The summed E-state index contributed by atoms with van der Waals surface area (Å²) in [6.45, 7) is 3.31. The Morgan fingerprint density at radius 1 is 1.20 bits per heavy atom. The van der Waals surface area contributed by atoms with E-state index in [1.165, 1.54) is 53.6 Å². The number of hydrogen-bond donors (Lipinski definition) is 1. The van der Waals surface area contributed by atoms with Gasteiger partial charge in [-0.15, -0.1) is 11.8 Å². The maximum Gasteiger partial charge on any atom is 0.0311 e. The molecule has 1 aliphatic carbocycles. The molecule has 0 heterocycles. The van der Waals surface area contributed by atoms with E-state index in [1.54, 1.807) is 0 Å². The van der Waals surface area contributed by atoms with Gasteiger partial charge in [0.15, 0.2) is 0 Å². The van der Waals surface area contributed by atoms with Gasteiger partial charge in [0.2, 0.25) is 0 Å². The Kier molecular flexibility index (Phi) is 7.47. The van der Waals surface area contributed by atoms with Crippen LogP contribution in [0.5, 0.6) is 0 Å². The molecule has 0 aliphatic heterocycles. The number of benzene rings is 1. The van der Waals surface area contributed by atoms with Gasteiger partial charge in [-0.05, 0) is 53.4 Å². The maximum atomic E-state index is 3.73. The van der Waals surface area contributed by atoms with E-state index < -0.39 is 0 Å². The molecule has 0 spiro atoms. The van der Waals surface area contributed by atoms with Crippen LogP contribution in [0.15, 0.2) is 33.6 Å². The molecule has 0 saturated heterocycles. The lowest BCUT2D eigenvalue weighted by Gasteiger charge is -2.27. The molecule has 112 valence electrons. The van der Waals surface area contributed by atoms with Gasteiger partial charge in [0.05, 0.1) is 0 Å². The third-order valence-corrected chi connectivity index (χ3v) is 6.34. The minimum atomic E-state index is 0.662. The van der Waals surface area contributed by atoms with Gasteiger partial charge in [0, 0.05) is 21.2 Å². The fourth-order valence-electron chi connectivity index (χ4n) is 3.08. The van der Waals surface area contributed by atoms with Crippen molar-refractivity contribution in [3.8, 4) is 0 Å². The number of halogens is 1. The van der Waals surface area contributed by atoms with Gasteiger partial charge < -0.3 is 5.32 Å². The maximum absolute atomic E-state index is 3.73. The minimum absolute atomic E-state index is 0.662. The Morgan fingerprint density at radius 3 is 2.55 bits per heavy atom. The van der Waals surface area contributed by atoms with E-state index in [9.17, 15) is 0 Å². The monoisotopic (exact) mass is 355 g/mol. The molecule has 1 nitrogen and oxygen atoms in total. The Hall–Kier alpha value is 0.01000. The predicted molar refractivity (Wildman–Crippen MR) is 93.5 cm³/mol. The fraction of sp³-hybridized carbons (Fsp3) is 0.647. The predicted octanol–water partition coefficient (Wildman–Crippen LogP) is 5.49. The molecule has 20 heavy (non-hydrogen) atoms. The van der Waals surface area contributed by atoms with E-state index in [4.69, 9.17) is 0 Å². The van der Waals surface area contributed by atoms with Crippen molar-refractivity contribution in [1.29, 1.82) is 0 Å². The summed E-state index contributed by atoms with van der Waals surface area (Å²) < 4.78 is 1.22. The second-order valence-electron chi connectivity index (χ2n) is 5.66. The molecule has 1 aromatic rings. The summed E-state index contributed by atoms with van der Waals surface area (Å²) in [5, 5.41) is 3.73. The standard InChI is InChI=1S/C17H26BrNS/c1-2-19-16(14-9-5-3-4-6-10-14)13-20-17-12-8-7-11-15(17)18/h7-8,11-12,14,16,19H,2-6,9-10,13H2,1H3. The molecular weight excluding hydrogens is 330 g/mol. The van der Waals surface area contributed by atoms with E-state index in [0.717, 1.165) is 12.5 Å². The summed E-state index contributed by atoms with van der Waals surface area (Å²) >= 11 is 5.64. The molecule has 1 N–H and O–H groups in total. The highest BCUT2D eigenvalue weighted by Gasteiger charge is 2.22. The van der Waals surface area contributed by atoms with Crippen molar-refractivity contribution >= 4 is 27.7 Å². The Labute approximate surface area is 136 Å². The van der Waals surface area contributed by atoms with Gasteiger partial charge in [0.1, 0.15) is 0 Å². The van der Waals surface area contributed by atoms with Gasteiger partial charge in [-0.2, -0.15) is 0 Å². The third kappa shape index (κ3) is 5.09. The molecule has 2 rings (SSSR count). The highest BCUT2D eigenvalue weighted by molar-refractivity contribution is 9.10. The molecule has 1 saturated carbocycles. The lowest BCUT2D eigenvalue weighted by molar-refractivity contribution is 0.347. The van der Waals surface area contributed by atoms with Crippen LogP contribution in [0.25, 0.3) is 0 Å². The smallest absolute Gasteiger partial charge is 0.0311 e. The van der Waals surface area contributed by atoms with Crippen molar-refractivity contribution in [3.63, 3.8) is 0 Å². The average molecular weight is 356 g/mol. The van der Waals surface area contributed by atoms with Gasteiger partial charge in [-0.1, -0.05) is 44.7 Å². The fourth-order valence-corrected chi connectivity index (χ4v) is 4.84. The normalized spacial score (nSPS) is 18.7. The van der Waals surface area contributed by atoms with Crippen LogP contribution in [0.1, 0.15) is 45.4 Å². The van der Waals surface area contributed by atoms with Crippen LogP contribution in [0, 0.1) is 5.92 Å². The third-order valence-electron chi connectivity index (χ3n) is 4.19. The second-order valence-corrected chi connectivity index (χ2v) is 7.57. The molecule has 1 atom stereocenters. The molecule has 0 aromatic heterocycles. The van der Waals surface area contributed by atoms with Crippen LogP contribution in [0.2, 0.25) is 0 Å². The summed E-state index contributed by atoms with van der Waals surface area (Å²) in [5.41, 5.74) is 0. The summed E-state index contributed by atoms with van der Waals surface area (Å²) in [5.74, 6) is 2.05. The van der Waals surface area contributed by atoms with Crippen molar-refractivity contribution in [1.82, 2.24) is 5.32 Å². The zero-order valence-corrected chi connectivity index (χ0v) is 14.8. The second kappa shape index (κ2) is 9.11. The molecule has 1 aliphatic rings. The molecule has 1 aromatic carbocycles. The zero-order chi connectivity index (χ0) is 14.2. The number of hydrogen-bond acceptors (Lipinski definition) is 2. The SMILES string of the molecule is CCNC(CSc1ccccc1Br)C1CCCCCC1. The van der Waals surface area contributed by atoms with E-state index >= 15 is 0 Å². The first-order valence-corrected chi connectivity index (χ1v) is 9.70. The Morgan fingerprint density at radius 2 is 1.90 bits per heavy atom. The van der Waals surface area contributed by atoms with Crippen LogP contribution in [-0.2, 0) is 0 Å². The van der Waals surface area contributed by atoms with E-state index in [-0.39, 0.29) is 0 Å². The number of nitrogens with one attached hydrogen (secondary N) is 1. The summed E-state index contributed by atoms with van der Waals surface area (Å²) in [6, 6.07) is 9.22. The van der Waals surface area contributed by atoms with Crippen molar-refractivity contribution < 1.29 is 0 Å². The quantitative estimate of drug-likeness (QED) is 0.534. The lowest BCUT2D eigenvalue weighted by Crippen LogP contribution is -2.38. The van der Waals surface area contributed by atoms with E-state index in [2.05, 4.69) is 52.4 Å². The topological polar surface area (TPSA) is 12.0 Å². The van der Waals surface area contributed by atoms with Gasteiger partial charge in [-0.25, -0.2) is 0 Å². The van der Waals surface area contributed by atoms with Crippen molar-refractivity contribution in [2.24, 2.45) is 5.92 Å². The largest absolute Gasteiger partial charge is 0.313 e. The average Bonchev–Trinajstić information content (AvgIpc) is 2.74. The summed E-state index contributed by atoms with van der Waals surface area (Å²) in [6.07, 6.45) is 8.54. The highest BCUT2D eigenvalue weighted by atomic mass is 79.9. The van der Waals surface area contributed by atoms with Crippen LogP contribution < -0.4 is 5.32 Å². The Balaban J connectivity index is 1.92. The first-order valence-electron chi connectivity index (χ1n) is 7.92. The van der Waals surface area contributed by atoms with Crippen molar-refractivity contribution in [2.75, 3.05) is 12.3 Å². The molecule has 3 heteroatoms. The number of rotatable bonds is 6. The first-order chi connectivity index (χ1) is 9.81. The molecule has 0 amide bonds. The first kappa shape index (κ1) is 16.4. The Bertz CT molecular complexity index is 388. The van der Waals surface area contributed by atoms with Gasteiger partial charge in [0.25, 0.3) is 0 Å². The van der Waals surface area contributed by atoms with Crippen molar-refractivity contribution in [3.05, 3.63) is 28.7 Å². The minimum Gasteiger partial charge on any atom is -0.313 e. The van der Waals surface area contributed by atoms with E-state index in [1.807, 2.05) is 11.8 Å². The molecule has 1 unspecified atom stereocenters. The highest BCUT2D eigenvalue weighted by Crippen LogP contribution is 2.31. The molecule has 0 bridgehead atoms. The zero-order valence-electron chi connectivity index (χ0n) is 12.4. The van der Waals surface area contributed by atoms with Crippen molar-refractivity contribution in [2.45, 2.75) is 56.4 Å². The van der Waals surface area contributed by atoms with E-state index in [0.29, 0.717) is 6.04 Å². The van der Waals surface area contributed by atoms with Crippen LogP contribution >= 0.6 is 27.7 Å². The number of thioether (sulfide) groups is 1. The molecule has 0 radical (unpaired) electrons. The molecule has 1 fully saturated rings. The molecular formula is C17H26BrNS. The lowest BCUT2D eigenvalue weighted by atomic mass is 9.93. The summed E-state index contributed by atoms with van der Waals surface area (Å²) in [7, 11) is 0.